The Morgan fingerprint density at radius 1 is 1.11 bits per heavy atom. The Hall–Kier alpha value is -2.09. The molecule has 2 aromatic rings. The highest BCUT2D eigenvalue weighted by Gasteiger charge is 2.31. The molecular formula is C19H21ClN2O4S. The highest BCUT2D eigenvalue weighted by atomic mass is 35.5. The second kappa shape index (κ2) is 7.88. The molecule has 0 radical (unpaired) electrons. The molecule has 1 fully saturated rings. The minimum atomic E-state index is -3.66. The van der Waals surface area contributed by atoms with Crippen LogP contribution in [0.2, 0.25) is 5.02 Å². The first kappa shape index (κ1) is 19.7. The van der Waals surface area contributed by atoms with Gasteiger partial charge in [-0.15, -0.1) is 0 Å². The summed E-state index contributed by atoms with van der Waals surface area (Å²) in [6.45, 7) is 2.87. The number of aryl methyl sites for hydroxylation is 1. The van der Waals surface area contributed by atoms with Crippen molar-refractivity contribution >= 4 is 27.5 Å². The zero-order valence-electron chi connectivity index (χ0n) is 14.9. The number of halogens is 1. The third kappa shape index (κ3) is 4.10. The van der Waals surface area contributed by atoms with Gasteiger partial charge >= 0.3 is 0 Å². The molecule has 0 aromatic heterocycles. The van der Waals surface area contributed by atoms with Gasteiger partial charge in [0.15, 0.2) is 0 Å². The SMILES string of the molecule is CCc1ccc(O)c(C(=O)N2CCN(S(=O)(=O)c3cccc(Cl)c3)CC2)c1. The molecule has 0 bridgehead atoms. The molecule has 144 valence electrons. The monoisotopic (exact) mass is 408 g/mol. The van der Waals surface area contributed by atoms with Crippen molar-refractivity contribution in [2.24, 2.45) is 0 Å². The van der Waals surface area contributed by atoms with Gasteiger partial charge in [-0.2, -0.15) is 4.31 Å². The molecule has 0 unspecified atom stereocenters. The summed E-state index contributed by atoms with van der Waals surface area (Å²) in [5.41, 5.74) is 1.21. The fraction of sp³-hybridized carbons (Fsp3) is 0.316. The first-order valence-electron chi connectivity index (χ1n) is 8.70. The lowest BCUT2D eigenvalue weighted by Crippen LogP contribution is -2.50. The molecule has 1 heterocycles. The predicted octanol–water partition coefficient (Wildman–Crippen LogP) is 2.75. The van der Waals surface area contributed by atoms with Crippen LogP contribution in [0.1, 0.15) is 22.8 Å². The van der Waals surface area contributed by atoms with Crippen LogP contribution in [-0.4, -0.2) is 54.8 Å². The summed E-state index contributed by atoms with van der Waals surface area (Å²) in [6, 6.07) is 11.1. The normalized spacial score (nSPS) is 15.7. The van der Waals surface area contributed by atoms with E-state index in [1.807, 2.05) is 6.92 Å². The van der Waals surface area contributed by atoms with Crippen molar-refractivity contribution in [1.29, 1.82) is 0 Å². The lowest BCUT2D eigenvalue weighted by atomic mass is 10.1. The number of amides is 1. The van der Waals surface area contributed by atoms with Gasteiger partial charge in [0, 0.05) is 31.2 Å². The average Bonchev–Trinajstić information content (AvgIpc) is 2.68. The minimum absolute atomic E-state index is 0.0637. The van der Waals surface area contributed by atoms with Gasteiger partial charge in [-0.05, 0) is 42.3 Å². The Bertz CT molecular complexity index is 954. The lowest BCUT2D eigenvalue weighted by Gasteiger charge is -2.34. The number of benzene rings is 2. The van der Waals surface area contributed by atoms with Crippen molar-refractivity contribution in [3.63, 3.8) is 0 Å². The summed E-state index contributed by atoms with van der Waals surface area (Å²) in [5.74, 6) is -0.353. The van der Waals surface area contributed by atoms with Gasteiger partial charge in [-0.3, -0.25) is 4.79 Å². The number of hydrogen-bond donors (Lipinski definition) is 1. The number of rotatable bonds is 4. The molecule has 0 spiro atoms. The molecule has 6 nitrogen and oxygen atoms in total. The van der Waals surface area contributed by atoms with Crippen molar-refractivity contribution in [2.45, 2.75) is 18.2 Å². The number of carbonyl (C=O) groups is 1. The Labute approximate surface area is 164 Å². The van der Waals surface area contributed by atoms with E-state index >= 15 is 0 Å². The van der Waals surface area contributed by atoms with E-state index in [0.29, 0.717) is 5.02 Å². The van der Waals surface area contributed by atoms with Crippen LogP contribution >= 0.6 is 11.6 Å². The number of phenols is 1. The summed E-state index contributed by atoms with van der Waals surface area (Å²) in [6.07, 6.45) is 0.756. The number of aromatic hydroxyl groups is 1. The van der Waals surface area contributed by atoms with Gasteiger partial charge in [-0.1, -0.05) is 30.7 Å². The number of hydrogen-bond acceptors (Lipinski definition) is 4. The number of carbonyl (C=O) groups excluding carboxylic acids is 1. The van der Waals surface area contributed by atoms with Crippen molar-refractivity contribution < 1.29 is 18.3 Å². The van der Waals surface area contributed by atoms with Gasteiger partial charge < -0.3 is 10.0 Å². The van der Waals surface area contributed by atoms with Crippen molar-refractivity contribution in [3.05, 3.63) is 58.6 Å². The molecule has 1 N–H and O–H groups in total. The maximum Gasteiger partial charge on any atom is 0.257 e. The largest absolute Gasteiger partial charge is 0.507 e. The molecule has 0 aliphatic carbocycles. The average molecular weight is 409 g/mol. The van der Waals surface area contributed by atoms with E-state index in [1.165, 1.54) is 22.5 Å². The molecule has 27 heavy (non-hydrogen) atoms. The third-order valence-electron chi connectivity index (χ3n) is 4.66. The molecule has 8 heteroatoms. The molecule has 0 saturated carbocycles. The maximum absolute atomic E-state index is 12.7. The van der Waals surface area contributed by atoms with Crippen LogP contribution < -0.4 is 0 Å². The highest BCUT2D eigenvalue weighted by Crippen LogP contribution is 2.24. The van der Waals surface area contributed by atoms with E-state index in [9.17, 15) is 18.3 Å². The van der Waals surface area contributed by atoms with Crippen molar-refractivity contribution in [1.82, 2.24) is 9.21 Å². The van der Waals surface area contributed by atoms with Crippen molar-refractivity contribution in [3.8, 4) is 5.75 Å². The Morgan fingerprint density at radius 3 is 2.44 bits per heavy atom. The second-order valence-corrected chi connectivity index (χ2v) is 8.73. The van der Waals surface area contributed by atoms with Crippen LogP contribution in [0.25, 0.3) is 0 Å². The van der Waals surface area contributed by atoms with E-state index in [1.54, 1.807) is 29.2 Å². The van der Waals surface area contributed by atoms with Crippen LogP contribution in [0, 0.1) is 0 Å². The minimum Gasteiger partial charge on any atom is -0.507 e. The fourth-order valence-electron chi connectivity index (χ4n) is 3.05. The summed E-state index contributed by atoms with van der Waals surface area (Å²) < 4.78 is 26.8. The summed E-state index contributed by atoms with van der Waals surface area (Å²) >= 11 is 5.90. The van der Waals surface area contributed by atoms with Crippen LogP contribution in [0.15, 0.2) is 47.4 Å². The van der Waals surface area contributed by atoms with E-state index in [2.05, 4.69) is 0 Å². The van der Waals surface area contributed by atoms with E-state index < -0.39 is 10.0 Å². The molecule has 1 aliphatic heterocycles. The molecule has 1 amide bonds. The molecule has 3 rings (SSSR count). The predicted molar refractivity (Wildman–Crippen MR) is 104 cm³/mol. The molecular weight excluding hydrogens is 388 g/mol. The smallest absolute Gasteiger partial charge is 0.257 e. The van der Waals surface area contributed by atoms with Crippen LogP contribution in [-0.2, 0) is 16.4 Å². The number of sulfonamides is 1. The summed E-state index contributed by atoms with van der Waals surface area (Å²) in [4.78, 5) is 14.4. The highest BCUT2D eigenvalue weighted by molar-refractivity contribution is 7.89. The first-order chi connectivity index (χ1) is 12.8. The van der Waals surface area contributed by atoms with E-state index in [-0.39, 0.29) is 48.3 Å². The first-order valence-corrected chi connectivity index (χ1v) is 10.5. The van der Waals surface area contributed by atoms with Gasteiger partial charge in [0.05, 0.1) is 10.5 Å². The van der Waals surface area contributed by atoms with Gasteiger partial charge in [0.25, 0.3) is 5.91 Å². The van der Waals surface area contributed by atoms with E-state index in [0.717, 1.165) is 12.0 Å². The lowest BCUT2D eigenvalue weighted by molar-refractivity contribution is 0.0694. The number of phenolic OH excluding ortho intramolecular Hbond substituents is 1. The molecule has 2 aromatic carbocycles. The summed E-state index contributed by atoms with van der Waals surface area (Å²) in [5, 5.41) is 10.4. The molecule has 0 atom stereocenters. The van der Waals surface area contributed by atoms with Gasteiger partial charge in [0.2, 0.25) is 10.0 Å². The van der Waals surface area contributed by atoms with Gasteiger partial charge in [0.1, 0.15) is 5.75 Å². The molecule has 1 saturated heterocycles. The topological polar surface area (TPSA) is 77.9 Å². The maximum atomic E-state index is 12.7. The summed E-state index contributed by atoms with van der Waals surface area (Å²) in [7, 11) is -3.66. The quantitative estimate of drug-likeness (QED) is 0.843. The Morgan fingerprint density at radius 2 is 1.81 bits per heavy atom. The Balaban J connectivity index is 1.73. The van der Waals surface area contributed by atoms with Crippen LogP contribution in [0.5, 0.6) is 5.75 Å². The van der Waals surface area contributed by atoms with Gasteiger partial charge in [-0.25, -0.2) is 8.42 Å². The standard InChI is InChI=1S/C19H21ClN2O4S/c1-2-14-6-7-18(23)17(12-14)19(24)21-8-10-22(11-9-21)27(25,26)16-5-3-4-15(20)13-16/h3-7,12-13,23H,2,8-11H2,1H3. The van der Waals surface area contributed by atoms with Crippen LogP contribution in [0.3, 0.4) is 0 Å². The van der Waals surface area contributed by atoms with Crippen LogP contribution in [0.4, 0.5) is 0 Å². The van der Waals surface area contributed by atoms with Crippen molar-refractivity contribution in [2.75, 3.05) is 26.2 Å². The number of piperazine rings is 1. The Kier molecular flexibility index (Phi) is 5.74. The zero-order valence-corrected chi connectivity index (χ0v) is 16.5. The zero-order chi connectivity index (χ0) is 19.6. The second-order valence-electron chi connectivity index (χ2n) is 6.36. The number of nitrogens with zero attached hydrogens (tertiary/aromatic N) is 2. The fourth-order valence-corrected chi connectivity index (χ4v) is 4.78. The third-order valence-corrected chi connectivity index (χ3v) is 6.79. The van der Waals surface area contributed by atoms with E-state index in [4.69, 9.17) is 11.6 Å². The molecule has 1 aliphatic rings.